The molecule has 0 saturated heterocycles. The van der Waals surface area contributed by atoms with E-state index >= 15 is 0 Å². The van der Waals surface area contributed by atoms with E-state index in [1.165, 1.54) is 5.56 Å². The Bertz CT molecular complexity index is 306. The van der Waals surface area contributed by atoms with Gasteiger partial charge < -0.3 is 0 Å². The molecule has 1 aromatic heterocycles. The molecule has 0 N–H and O–H groups in total. The van der Waals surface area contributed by atoms with Crippen molar-refractivity contribution < 1.29 is 0 Å². The highest BCUT2D eigenvalue weighted by molar-refractivity contribution is 7.98. The van der Waals surface area contributed by atoms with Gasteiger partial charge in [-0.3, -0.25) is 4.90 Å². The SMILES string of the molecule is CSCC(C)N(C)Cc1ccnc(Cl)c1. The Morgan fingerprint density at radius 3 is 2.93 bits per heavy atom. The first kappa shape index (κ1) is 12.8. The Morgan fingerprint density at radius 2 is 2.33 bits per heavy atom. The number of rotatable bonds is 5. The van der Waals surface area contributed by atoms with Crippen LogP contribution in [0.2, 0.25) is 5.15 Å². The minimum absolute atomic E-state index is 0.568. The molecule has 1 atom stereocenters. The van der Waals surface area contributed by atoms with E-state index in [0.717, 1.165) is 12.3 Å². The van der Waals surface area contributed by atoms with E-state index in [1.54, 1.807) is 6.20 Å². The van der Waals surface area contributed by atoms with E-state index in [2.05, 4.69) is 30.1 Å². The molecule has 1 rings (SSSR count). The molecular weight excluding hydrogens is 228 g/mol. The van der Waals surface area contributed by atoms with Crippen molar-refractivity contribution in [3.63, 3.8) is 0 Å². The van der Waals surface area contributed by atoms with Gasteiger partial charge in [-0.05, 0) is 37.9 Å². The molecule has 1 aromatic rings. The van der Waals surface area contributed by atoms with E-state index in [-0.39, 0.29) is 0 Å². The molecule has 0 bridgehead atoms. The summed E-state index contributed by atoms with van der Waals surface area (Å²) in [6.45, 7) is 3.16. The van der Waals surface area contributed by atoms with Gasteiger partial charge in [-0.2, -0.15) is 11.8 Å². The minimum atomic E-state index is 0.568. The lowest BCUT2D eigenvalue weighted by Gasteiger charge is -2.23. The number of aromatic nitrogens is 1. The summed E-state index contributed by atoms with van der Waals surface area (Å²) in [6.07, 6.45) is 3.89. The van der Waals surface area contributed by atoms with Crippen LogP contribution in [0.25, 0.3) is 0 Å². The Kier molecular flexibility index (Phi) is 5.43. The first-order valence-electron chi connectivity index (χ1n) is 4.93. The molecule has 2 nitrogen and oxygen atoms in total. The Balaban J connectivity index is 2.54. The van der Waals surface area contributed by atoms with Crippen LogP contribution >= 0.6 is 23.4 Å². The molecule has 0 aromatic carbocycles. The monoisotopic (exact) mass is 244 g/mol. The van der Waals surface area contributed by atoms with Crippen molar-refractivity contribution >= 4 is 23.4 Å². The summed E-state index contributed by atoms with van der Waals surface area (Å²) in [7, 11) is 2.13. The third kappa shape index (κ3) is 4.41. The van der Waals surface area contributed by atoms with Crippen molar-refractivity contribution in [3.05, 3.63) is 29.0 Å². The third-order valence-electron chi connectivity index (χ3n) is 2.38. The molecule has 1 unspecified atom stereocenters. The second kappa shape index (κ2) is 6.36. The third-order valence-corrected chi connectivity index (χ3v) is 3.41. The van der Waals surface area contributed by atoms with Crippen LogP contribution in [0, 0.1) is 0 Å². The van der Waals surface area contributed by atoms with Crippen molar-refractivity contribution in [2.45, 2.75) is 19.5 Å². The van der Waals surface area contributed by atoms with Gasteiger partial charge in [0.1, 0.15) is 5.15 Å². The summed E-state index contributed by atoms with van der Waals surface area (Å²) in [5, 5.41) is 0.568. The fourth-order valence-corrected chi connectivity index (χ4v) is 2.29. The lowest BCUT2D eigenvalue weighted by Crippen LogP contribution is -2.30. The molecule has 0 saturated carbocycles. The Hall–Kier alpha value is -0.250. The molecule has 4 heteroatoms. The van der Waals surface area contributed by atoms with Gasteiger partial charge in [0.05, 0.1) is 0 Å². The lowest BCUT2D eigenvalue weighted by molar-refractivity contribution is 0.269. The van der Waals surface area contributed by atoms with Gasteiger partial charge in [0, 0.05) is 24.5 Å². The van der Waals surface area contributed by atoms with Gasteiger partial charge in [0.25, 0.3) is 0 Å². The maximum Gasteiger partial charge on any atom is 0.129 e. The van der Waals surface area contributed by atoms with E-state index in [0.29, 0.717) is 11.2 Å². The molecule has 15 heavy (non-hydrogen) atoms. The molecular formula is C11H17ClN2S. The van der Waals surface area contributed by atoms with Crippen LogP contribution in [0.3, 0.4) is 0 Å². The predicted octanol–water partition coefficient (Wildman–Crippen LogP) is 2.92. The van der Waals surface area contributed by atoms with E-state index in [1.807, 2.05) is 23.9 Å². The molecule has 0 aliphatic heterocycles. The van der Waals surface area contributed by atoms with Crippen molar-refractivity contribution in [3.8, 4) is 0 Å². The van der Waals surface area contributed by atoms with Crippen LogP contribution in [0.5, 0.6) is 0 Å². The summed E-state index contributed by atoms with van der Waals surface area (Å²) in [4.78, 5) is 6.29. The van der Waals surface area contributed by atoms with Crippen LogP contribution in [0.1, 0.15) is 12.5 Å². The smallest absolute Gasteiger partial charge is 0.129 e. The Morgan fingerprint density at radius 1 is 1.60 bits per heavy atom. The van der Waals surface area contributed by atoms with Crippen LogP contribution in [-0.2, 0) is 6.54 Å². The van der Waals surface area contributed by atoms with Gasteiger partial charge in [-0.25, -0.2) is 4.98 Å². The largest absolute Gasteiger partial charge is 0.299 e. The molecule has 0 amide bonds. The number of halogens is 1. The van der Waals surface area contributed by atoms with Crippen molar-refractivity contribution in [1.82, 2.24) is 9.88 Å². The summed E-state index contributed by atoms with van der Waals surface area (Å²) >= 11 is 7.71. The Labute approximate surface area is 101 Å². The van der Waals surface area contributed by atoms with Crippen molar-refractivity contribution in [2.24, 2.45) is 0 Å². The van der Waals surface area contributed by atoms with Crippen LogP contribution in [-0.4, -0.2) is 35.0 Å². The summed E-state index contributed by atoms with van der Waals surface area (Å²) in [5.41, 5.74) is 1.21. The number of hydrogen-bond donors (Lipinski definition) is 0. The number of pyridine rings is 1. The molecule has 1 heterocycles. The van der Waals surface area contributed by atoms with Gasteiger partial charge in [0.2, 0.25) is 0 Å². The molecule has 0 spiro atoms. The van der Waals surface area contributed by atoms with Crippen LogP contribution in [0.15, 0.2) is 18.3 Å². The lowest BCUT2D eigenvalue weighted by atomic mass is 10.2. The first-order valence-corrected chi connectivity index (χ1v) is 6.70. The minimum Gasteiger partial charge on any atom is -0.299 e. The highest BCUT2D eigenvalue weighted by Gasteiger charge is 2.08. The number of hydrogen-bond acceptors (Lipinski definition) is 3. The standard InChI is InChI=1S/C11H17ClN2S/c1-9(8-15-3)14(2)7-10-4-5-13-11(12)6-10/h4-6,9H,7-8H2,1-3H3. The highest BCUT2D eigenvalue weighted by atomic mass is 35.5. The summed E-state index contributed by atoms with van der Waals surface area (Å²) < 4.78 is 0. The zero-order chi connectivity index (χ0) is 11.3. The first-order chi connectivity index (χ1) is 7.13. The zero-order valence-corrected chi connectivity index (χ0v) is 11.0. The van der Waals surface area contributed by atoms with Gasteiger partial charge in [-0.1, -0.05) is 11.6 Å². The fourth-order valence-electron chi connectivity index (χ4n) is 1.35. The fraction of sp³-hybridized carbons (Fsp3) is 0.545. The summed E-state index contributed by atoms with van der Waals surface area (Å²) in [6, 6.07) is 4.50. The predicted molar refractivity (Wildman–Crippen MR) is 68.6 cm³/mol. The number of nitrogens with zero attached hydrogens (tertiary/aromatic N) is 2. The van der Waals surface area contributed by atoms with Gasteiger partial charge in [-0.15, -0.1) is 0 Å². The zero-order valence-electron chi connectivity index (χ0n) is 9.40. The van der Waals surface area contributed by atoms with E-state index in [9.17, 15) is 0 Å². The average molecular weight is 245 g/mol. The van der Waals surface area contributed by atoms with Crippen LogP contribution < -0.4 is 0 Å². The molecule has 0 aliphatic carbocycles. The topological polar surface area (TPSA) is 16.1 Å². The molecule has 84 valence electrons. The van der Waals surface area contributed by atoms with Crippen molar-refractivity contribution in [2.75, 3.05) is 19.1 Å². The van der Waals surface area contributed by atoms with E-state index in [4.69, 9.17) is 11.6 Å². The second-order valence-electron chi connectivity index (χ2n) is 3.71. The van der Waals surface area contributed by atoms with Crippen LogP contribution in [0.4, 0.5) is 0 Å². The maximum absolute atomic E-state index is 5.84. The van der Waals surface area contributed by atoms with Gasteiger partial charge in [0.15, 0.2) is 0 Å². The number of thioether (sulfide) groups is 1. The molecule has 0 aliphatic rings. The van der Waals surface area contributed by atoms with Crippen molar-refractivity contribution in [1.29, 1.82) is 0 Å². The maximum atomic E-state index is 5.84. The quantitative estimate of drug-likeness (QED) is 0.741. The van der Waals surface area contributed by atoms with Gasteiger partial charge >= 0.3 is 0 Å². The average Bonchev–Trinajstić information content (AvgIpc) is 2.18. The highest BCUT2D eigenvalue weighted by Crippen LogP contribution is 2.11. The molecule has 0 radical (unpaired) electrons. The normalized spacial score (nSPS) is 13.1. The second-order valence-corrected chi connectivity index (χ2v) is 5.00. The summed E-state index contributed by atoms with van der Waals surface area (Å²) in [5.74, 6) is 1.15. The molecule has 0 fully saturated rings. The van der Waals surface area contributed by atoms with E-state index < -0.39 is 0 Å².